The lowest BCUT2D eigenvalue weighted by Gasteiger charge is -2.05. The number of benzene rings is 1. The minimum absolute atomic E-state index is 0.0158. The highest BCUT2D eigenvalue weighted by molar-refractivity contribution is 6.55. The van der Waals surface area contributed by atoms with Crippen molar-refractivity contribution in [1.29, 1.82) is 0 Å². The number of para-hydroxylation sites is 1. The Labute approximate surface area is 117 Å². The van der Waals surface area contributed by atoms with E-state index in [4.69, 9.17) is 23.2 Å². The van der Waals surface area contributed by atoms with Crippen LogP contribution in [0, 0.1) is 17.3 Å². The standard InChI is InChI=1S/C14H15Cl2NO/c1-14(2)10(8-11(15)16)12(14)13(18)17-9-6-4-3-5-7-9/h3-8,10,12H,1-2H3,(H,17,18)/t10-,12+/m0/s1. The number of rotatable bonds is 3. The Balaban J connectivity index is 2.05. The van der Waals surface area contributed by atoms with Gasteiger partial charge in [0.1, 0.15) is 4.49 Å². The molecule has 1 saturated carbocycles. The SMILES string of the molecule is CC1(C)[C@@H](C=C(Cl)Cl)[C@@H]1C(=O)Nc1ccccc1. The molecule has 0 bridgehead atoms. The Hall–Kier alpha value is -0.990. The zero-order valence-electron chi connectivity index (χ0n) is 10.3. The van der Waals surface area contributed by atoms with Crippen LogP contribution in [0.1, 0.15) is 13.8 Å². The Kier molecular flexibility index (Phi) is 3.69. The van der Waals surface area contributed by atoms with E-state index < -0.39 is 0 Å². The van der Waals surface area contributed by atoms with E-state index in [0.717, 1.165) is 5.69 Å². The number of carbonyl (C=O) groups is 1. The van der Waals surface area contributed by atoms with Gasteiger partial charge in [-0.05, 0) is 29.5 Å². The van der Waals surface area contributed by atoms with E-state index in [-0.39, 0.29) is 27.6 Å². The van der Waals surface area contributed by atoms with Crippen LogP contribution in [0.25, 0.3) is 0 Å². The molecule has 1 aromatic carbocycles. The minimum Gasteiger partial charge on any atom is -0.326 e. The second-order valence-corrected chi connectivity index (χ2v) is 6.14. The first-order valence-corrected chi connectivity index (χ1v) is 6.57. The van der Waals surface area contributed by atoms with Crippen molar-refractivity contribution in [3.63, 3.8) is 0 Å². The molecule has 0 heterocycles. The molecule has 2 nitrogen and oxygen atoms in total. The second kappa shape index (κ2) is 4.94. The summed E-state index contributed by atoms with van der Waals surface area (Å²) in [6.07, 6.45) is 1.75. The number of anilines is 1. The van der Waals surface area contributed by atoms with Gasteiger partial charge in [-0.15, -0.1) is 0 Å². The molecule has 1 aromatic rings. The lowest BCUT2D eigenvalue weighted by atomic mass is 10.1. The summed E-state index contributed by atoms with van der Waals surface area (Å²) in [5.41, 5.74) is 0.721. The highest BCUT2D eigenvalue weighted by Gasteiger charge is 2.60. The molecule has 18 heavy (non-hydrogen) atoms. The van der Waals surface area contributed by atoms with E-state index in [2.05, 4.69) is 5.32 Å². The summed E-state index contributed by atoms with van der Waals surface area (Å²) in [4.78, 5) is 12.2. The molecule has 96 valence electrons. The van der Waals surface area contributed by atoms with Crippen LogP contribution in [0.15, 0.2) is 40.9 Å². The average molecular weight is 284 g/mol. The highest BCUT2D eigenvalue weighted by atomic mass is 35.5. The molecule has 2 atom stereocenters. The number of nitrogens with one attached hydrogen (secondary N) is 1. The van der Waals surface area contributed by atoms with Gasteiger partial charge in [0, 0.05) is 5.69 Å². The molecular weight excluding hydrogens is 269 g/mol. The van der Waals surface area contributed by atoms with Crippen molar-refractivity contribution < 1.29 is 4.79 Å². The number of hydrogen-bond acceptors (Lipinski definition) is 1. The van der Waals surface area contributed by atoms with Gasteiger partial charge < -0.3 is 5.32 Å². The van der Waals surface area contributed by atoms with Gasteiger partial charge in [0.25, 0.3) is 0 Å². The smallest absolute Gasteiger partial charge is 0.228 e. The highest BCUT2D eigenvalue weighted by Crippen LogP contribution is 2.59. The number of allylic oxidation sites excluding steroid dienone is 1. The maximum absolute atomic E-state index is 12.2. The first-order valence-electron chi connectivity index (χ1n) is 5.81. The largest absolute Gasteiger partial charge is 0.326 e. The maximum Gasteiger partial charge on any atom is 0.228 e. The number of carbonyl (C=O) groups excluding carboxylic acids is 1. The average Bonchev–Trinajstić information content (AvgIpc) is 2.80. The van der Waals surface area contributed by atoms with Crippen molar-refractivity contribution in [2.24, 2.45) is 17.3 Å². The second-order valence-electron chi connectivity index (χ2n) is 5.14. The van der Waals surface area contributed by atoms with E-state index in [1.54, 1.807) is 6.08 Å². The van der Waals surface area contributed by atoms with Crippen molar-refractivity contribution in [2.45, 2.75) is 13.8 Å². The minimum atomic E-state index is -0.0894. The van der Waals surface area contributed by atoms with E-state index in [1.807, 2.05) is 44.2 Å². The van der Waals surface area contributed by atoms with Gasteiger partial charge in [-0.2, -0.15) is 0 Å². The predicted octanol–water partition coefficient (Wildman–Crippen LogP) is 4.22. The molecular formula is C14H15Cl2NO. The molecule has 0 unspecified atom stereocenters. The van der Waals surface area contributed by atoms with E-state index >= 15 is 0 Å². The topological polar surface area (TPSA) is 29.1 Å². The van der Waals surface area contributed by atoms with Gasteiger partial charge in [0.05, 0.1) is 5.92 Å². The summed E-state index contributed by atoms with van der Waals surface area (Å²) in [6.45, 7) is 4.08. The van der Waals surface area contributed by atoms with Crippen LogP contribution in [0.3, 0.4) is 0 Å². The van der Waals surface area contributed by atoms with Gasteiger partial charge in [0.15, 0.2) is 0 Å². The van der Waals surface area contributed by atoms with E-state index in [0.29, 0.717) is 0 Å². The zero-order chi connectivity index (χ0) is 13.3. The first-order chi connectivity index (χ1) is 8.43. The van der Waals surface area contributed by atoms with Crippen LogP contribution in [0.2, 0.25) is 0 Å². The molecule has 1 fully saturated rings. The van der Waals surface area contributed by atoms with Gasteiger partial charge in [0.2, 0.25) is 5.91 Å². The van der Waals surface area contributed by atoms with Crippen molar-refractivity contribution in [2.75, 3.05) is 5.32 Å². The number of amides is 1. The zero-order valence-corrected chi connectivity index (χ0v) is 11.8. The fourth-order valence-corrected chi connectivity index (χ4v) is 2.64. The Bertz CT molecular complexity index is 478. The Morgan fingerprint density at radius 2 is 1.89 bits per heavy atom. The fraction of sp³-hybridized carbons (Fsp3) is 0.357. The molecule has 0 saturated heterocycles. The maximum atomic E-state index is 12.2. The normalized spacial score (nSPS) is 24.2. The van der Waals surface area contributed by atoms with Gasteiger partial charge >= 0.3 is 0 Å². The fourth-order valence-electron chi connectivity index (χ4n) is 2.37. The Morgan fingerprint density at radius 3 is 2.44 bits per heavy atom. The lowest BCUT2D eigenvalue weighted by Crippen LogP contribution is -2.16. The summed E-state index contributed by atoms with van der Waals surface area (Å²) in [7, 11) is 0. The molecule has 4 heteroatoms. The molecule has 1 amide bonds. The third-order valence-electron chi connectivity index (χ3n) is 3.54. The lowest BCUT2D eigenvalue weighted by molar-refractivity contribution is -0.118. The molecule has 2 rings (SSSR count). The summed E-state index contributed by atoms with van der Waals surface area (Å²) in [5.74, 6) is 0.0402. The van der Waals surface area contributed by atoms with Crippen LogP contribution >= 0.6 is 23.2 Å². The third kappa shape index (κ3) is 2.70. The summed E-state index contributed by atoms with van der Waals surface area (Å²) >= 11 is 11.3. The summed E-state index contributed by atoms with van der Waals surface area (Å²) in [5, 5.41) is 2.91. The van der Waals surface area contributed by atoms with E-state index in [1.165, 1.54) is 0 Å². The first kappa shape index (κ1) is 13.4. The third-order valence-corrected chi connectivity index (χ3v) is 3.79. The van der Waals surface area contributed by atoms with Crippen molar-refractivity contribution >= 4 is 34.8 Å². The summed E-state index contributed by atoms with van der Waals surface area (Å²) in [6, 6.07) is 9.43. The van der Waals surface area contributed by atoms with Gasteiger partial charge in [-0.3, -0.25) is 4.79 Å². The molecule has 1 aliphatic carbocycles. The quantitative estimate of drug-likeness (QED) is 0.884. The van der Waals surface area contributed by atoms with Gasteiger partial charge in [-0.25, -0.2) is 0 Å². The van der Waals surface area contributed by atoms with Crippen LogP contribution in [-0.4, -0.2) is 5.91 Å². The van der Waals surface area contributed by atoms with Crippen molar-refractivity contribution in [1.82, 2.24) is 0 Å². The predicted molar refractivity (Wildman–Crippen MR) is 75.6 cm³/mol. The Morgan fingerprint density at radius 1 is 1.28 bits per heavy atom. The van der Waals surface area contributed by atoms with Crippen LogP contribution in [-0.2, 0) is 4.79 Å². The van der Waals surface area contributed by atoms with Crippen LogP contribution < -0.4 is 5.32 Å². The van der Waals surface area contributed by atoms with Crippen molar-refractivity contribution in [3.8, 4) is 0 Å². The number of hydrogen-bond donors (Lipinski definition) is 1. The molecule has 0 aromatic heterocycles. The van der Waals surface area contributed by atoms with Gasteiger partial charge in [-0.1, -0.05) is 55.2 Å². The monoisotopic (exact) mass is 283 g/mol. The number of halogens is 2. The molecule has 0 aliphatic heterocycles. The molecule has 0 spiro atoms. The van der Waals surface area contributed by atoms with Crippen LogP contribution in [0.5, 0.6) is 0 Å². The molecule has 0 radical (unpaired) electrons. The molecule has 1 aliphatic rings. The van der Waals surface area contributed by atoms with E-state index in [9.17, 15) is 4.79 Å². The van der Waals surface area contributed by atoms with Crippen molar-refractivity contribution in [3.05, 3.63) is 40.9 Å². The molecule has 1 N–H and O–H groups in total. The van der Waals surface area contributed by atoms with Crippen LogP contribution in [0.4, 0.5) is 5.69 Å². The summed E-state index contributed by atoms with van der Waals surface area (Å²) < 4.78 is 0.225.